The number of aromatic nitrogens is 5. The number of carbonyl (C=O) groups excluding carboxylic acids is 3. The van der Waals surface area contributed by atoms with Crippen molar-refractivity contribution in [3.8, 4) is 26.6 Å². The number of aliphatic hydroxyl groups is 1. The average molecular weight is 942 g/mol. The summed E-state index contributed by atoms with van der Waals surface area (Å²) >= 11 is 3.19. The van der Waals surface area contributed by atoms with Crippen LogP contribution in [0.3, 0.4) is 0 Å². The molecule has 1 saturated heterocycles. The number of aliphatic carboxylic acids is 1. The molecule has 4 N–H and O–H groups in total. The van der Waals surface area contributed by atoms with E-state index < -0.39 is 41.5 Å². The van der Waals surface area contributed by atoms with Crippen LogP contribution in [0, 0.1) is 33.1 Å². The second-order valence-electron chi connectivity index (χ2n) is 18.5. The maximum absolute atomic E-state index is 14.2. The highest BCUT2D eigenvalue weighted by atomic mass is 32.1. The van der Waals surface area contributed by atoms with Gasteiger partial charge in [0.2, 0.25) is 17.7 Å². The molecular weight excluding hydrogens is 887 g/mol. The number of nitrogens with zero attached hydrogens (tertiary/aromatic N) is 7. The third-order valence-corrected chi connectivity index (χ3v) is 14.8. The summed E-state index contributed by atoms with van der Waals surface area (Å²) in [5, 5.41) is 36.1. The van der Waals surface area contributed by atoms with Crippen molar-refractivity contribution in [3.05, 3.63) is 123 Å². The van der Waals surface area contributed by atoms with Crippen LogP contribution in [0.25, 0.3) is 26.6 Å². The number of likely N-dealkylation sites (tertiary alicyclic amines) is 1. The molecule has 3 amide bonds. The van der Waals surface area contributed by atoms with Gasteiger partial charge in [0.25, 0.3) is 0 Å². The quantitative estimate of drug-likeness (QED) is 0.0902. The summed E-state index contributed by atoms with van der Waals surface area (Å²) in [4.78, 5) is 71.1. The van der Waals surface area contributed by atoms with Crippen LogP contribution in [0.15, 0.2) is 77.4 Å². The first-order chi connectivity index (χ1) is 31.9. The summed E-state index contributed by atoms with van der Waals surface area (Å²) in [6.07, 6.45) is 1.16. The Balaban J connectivity index is 0.902. The van der Waals surface area contributed by atoms with Gasteiger partial charge in [-0.25, -0.2) is 4.98 Å². The number of nitrogens with one attached hydrogen (secondary N) is 2. The van der Waals surface area contributed by atoms with Gasteiger partial charge < -0.3 is 25.7 Å². The minimum atomic E-state index is -0.975. The summed E-state index contributed by atoms with van der Waals surface area (Å²) in [6.45, 7) is 15.4. The fourth-order valence-electron chi connectivity index (χ4n) is 8.74. The molecule has 0 radical (unpaired) electrons. The maximum Gasteiger partial charge on any atom is 0.306 e. The van der Waals surface area contributed by atoms with Crippen LogP contribution in [0.1, 0.15) is 109 Å². The van der Waals surface area contributed by atoms with Crippen molar-refractivity contribution in [2.75, 3.05) is 6.54 Å². The molecule has 2 unspecified atom stereocenters. The van der Waals surface area contributed by atoms with E-state index in [9.17, 15) is 29.4 Å². The third kappa shape index (κ3) is 9.85. The zero-order chi connectivity index (χ0) is 47.9. The molecule has 5 atom stereocenters. The van der Waals surface area contributed by atoms with E-state index in [0.29, 0.717) is 29.5 Å². The highest BCUT2D eigenvalue weighted by molar-refractivity contribution is 7.15. The van der Waals surface area contributed by atoms with E-state index in [-0.39, 0.29) is 43.7 Å². The molecule has 6 aromatic rings. The van der Waals surface area contributed by atoms with Crippen molar-refractivity contribution in [1.29, 1.82) is 0 Å². The molecule has 67 heavy (non-hydrogen) atoms. The molecule has 0 spiro atoms. The number of amides is 3. The first kappa shape index (κ1) is 47.1. The van der Waals surface area contributed by atoms with Crippen LogP contribution < -0.4 is 10.6 Å². The fraction of sp³-hybridized carbons (Fsp3) is 0.380. The molecule has 0 bridgehead atoms. The number of hydrogen-bond acceptors (Lipinski definition) is 12. The number of rotatable bonds is 13. The van der Waals surface area contributed by atoms with Crippen LogP contribution in [0.5, 0.6) is 0 Å². The van der Waals surface area contributed by atoms with Gasteiger partial charge in [-0.15, -0.1) is 32.9 Å². The number of pyridine rings is 1. The lowest BCUT2D eigenvalue weighted by Gasteiger charge is -2.35. The van der Waals surface area contributed by atoms with Crippen molar-refractivity contribution in [2.45, 2.75) is 111 Å². The Hall–Kier alpha value is -6.43. The zero-order valence-electron chi connectivity index (χ0n) is 38.8. The topological polar surface area (TPSA) is 205 Å². The number of aliphatic hydroxyl groups excluding tert-OH is 1. The van der Waals surface area contributed by atoms with Crippen molar-refractivity contribution >= 4 is 52.1 Å². The monoisotopic (exact) mass is 941 g/mol. The van der Waals surface area contributed by atoms with Crippen molar-refractivity contribution in [2.24, 2.45) is 10.4 Å². The SMILES string of the molecule is Cc1ncsc1-c1ccc(C(C)NC(=O)[C@@H]2C[C@@H](O)CN2C(=O)C(NC(=O)CCc2ccc(-c3ccc(C4=N[C@@H](CC(=O)O)c5nnc(C)n5-c5sc(C)c(C)c54)cc3)cn2)C(C)(C)C)cc1. The summed E-state index contributed by atoms with van der Waals surface area (Å²) in [7, 11) is 0. The molecule has 1 fully saturated rings. The second-order valence-corrected chi connectivity index (χ2v) is 20.6. The lowest BCUT2D eigenvalue weighted by molar-refractivity contribution is -0.144. The molecule has 2 aliphatic rings. The van der Waals surface area contributed by atoms with Gasteiger partial charge in [0, 0.05) is 52.8 Å². The van der Waals surface area contributed by atoms with Crippen LogP contribution in [-0.2, 0) is 25.6 Å². The van der Waals surface area contributed by atoms with Gasteiger partial charge in [0.05, 0.1) is 40.4 Å². The normalized spacial score (nSPS) is 17.8. The molecule has 0 aliphatic carbocycles. The highest BCUT2D eigenvalue weighted by Gasteiger charge is 2.45. The number of aliphatic imine (C=N–C) groups is 1. The van der Waals surface area contributed by atoms with Gasteiger partial charge in [0.15, 0.2) is 5.82 Å². The van der Waals surface area contributed by atoms with Crippen molar-refractivity contribution in [1.82, 2.24) is 40.3 Å². The van der Waals surface area contributed by atoms with Crippen LogP contribution in [0.2, 0.25) is 0 Å². The number of thiazole rings is 1. The molecule has 348 valence electrons. The number of β-amino-alcohol motifs (C(OH)–C–C–N with tert-alkyl or cyclic N) is 1. The number of hydrogen-bond donors (Lipinski definition) is 4. The minimum Gasteiger partial charge on any atom is -0.481 e. The second kappa shape index (κ2) is 19.1. The first-order valence-electron chi connectivity index (χ1n) is 22.3. The van der Waals surface area contributed by atoms with Gasteiger partial charge in [0.1, 0.15) is 29.0 Å². The Kier molecular flexibility index (Phi) is 13.4. The number of benzene rings is 2. The van der Waals surface area contributed by atoms with Gasteiger partial charge in [-0.1, -0.05) is 75.4 Å². The fourth-order valence-corrected chi connectivity index (χ4v) is 10.8. The van der Waals surface area contributed by atoms with Crippen molar-refractivity contribution in [3.63, 3.8) is 0 Å². The van der Waals surface area contributed by atoms with Crippen LogP contribution in [0.4, 0.5) is 0 Å². The Labute approximate surface area is 397 Å². The lowest BCUT2D eigenvalue weighted by Crippen LogP contribution is -2.57. The minimum absolute atomic E-state index is 0.0170. The number of carboxylic acids is 1. The summed E-state index contributed by atoms with van der Waals surface area (Å²) in [5.41, 5.74) is 10.1. The van der Waals surface area contributed by atoms with E-state index in [4.69, 9.17) is 4.99 Å². The molecule has 17 heteroatoms. The molecule has 4 aromatic heterocycles. The largest absolute Gasteiger partial charge is 0.481 e. The van der Waals surface area contributed by atoms with Gasteiger partial charge in [-0.3, -0.25) is 33.7 Å². The summed E-state index contributed by atoms with van der Waals surface area (Å²) < 4.78 is 1.93. The van der Waals surface area contributed by atoms with E-state index in [0.717, 1.165) is 59.4 Å². The Morgan fingerprint density at radius 2 is 1.57 bits per heavy atom. The molecule has 2 aromatic carbocycles. The number of carbonyl (C=O) groups is 4. The molecule has 6 heterocycles. The van der Waals surface area contributed by atoms with Gasteiger partial charge >= 0.3 is 5.97 Å². The predicted octanol–water partition coefficient (Wildman–Crippen LogP) is 7.42. The van der Waals surface area contributed by atoms with E-state index in [2.05, 4.69) is 44.6 Å². The molecule has 15 nitrogen and oxygen atoms in total. The molecule has 2 aliphatic heterocycles. The van der Waals surface area contributed by atoms with E-state index >= 15 is 0 Å². The van der Waals surface area contributed by atoms with Gasteiger partial charge in [-0.2, -0.15) is 0 Å². The summed E-state index contributed by atoms with van der Waals surface area (Å²) in [5.74, 6) is -0.921. The van der Waals surface area contributed by atoms with E-state index in [1.807, 2.05) is 112 Å². The Morgan fingerprint density at radius 3 is 2.21 bits per heavy atom. The van der Waals surface area contributed by atoms with E-state index in [1.54, 1.807) is 28.9 Å². The number of thiophene rings is 1. The number of carboxylic acid groups (broad SMARTS) is 1. The number of aryl methyl sites for hydroxylation is 4. The third-order valence-electron chi connectivity index (χ3n) is 12.6. The van der Waals surface area contributed by atoms with Gasteiger partial charge in [-0.05, 0) is 74.8 Å². The zero-order valence-corrected chi connectivity index (χ0v) is 40.5. The van der Waals surface area contributed by atoms with Crippen LogP contribution in [-0.4, -0.2) is 94.0 Å². The lowest BCUT2D eigenvalue weighted by atomic mass is 9.85. The average Bonchev–Trinajstić information content (AvgIpc) is 4.06. The standard InChI is InChI=1S/C50H55N9O6S2/c1-26-29(4)67-49-42(26)43(54-38(22-41(62)63)46-57-56-30(5)59(46)49)33-13-11-32(12-14-33)35-17-18-36(51-23-35)19-20-40(61)55-45(50(6,7)8)48(65)58-24-37(60)21-39(58)47(64)53-27(2)31-9-15-34(16-10-31)44-28(3)52-25-66-44/h9-18,23,25,27,37-39,45,60H,19-22,24H2,1-8H3,(H,53,64)(H,55,61)(H,62,63)/t27?,37-,38+,39+,45?/m1/s1. The summed E-state index contributed by atoms with van der Waals surface area (Å²) in [6, 6.07) is 16.8. The molecule has 8 rings (SSSR count). The Bertz CT molecular complexity index is 2860. The molecule has 0 saturated carbocycles. The smallest absolute Gasteiger partial charge is 0.306 e. The van der Waals surface area contributed by atoms with E-state index in [1.165, 1.54) is 4.90 Å². The number of fused-ring (bicyclic) bond motifs is 3. The predicted molar refractivity (Wildman–Crippen MR) is 258 cm³/mol. The van der Waals surface area contributed by atoms with Crippen molar-refractivity contribution < 1.29 is 29.4 Å². The maximum atomic E-state index is 14.2. The first-order valence-corrected chi connectivity index (χ1v) is 24.0. The Morgan fingerprint density at radius 1 is 0.881 bits per heavy atom. The van der Waals surface area contributed by atoms with Crippen LogP contribution >= 0.6 is 22.7 Å². The highest BCUT2D eigenvalue weighted by Crippen LogP contribution is 2.40. The molecular formula is C50H55N9O6S2.